The van der Waals surface area contributed by atoms with Crippen LogP contribution in [0.15, 0.2) is 18.2 Å². The number of rotatable bonds is 4. The molecule has 6 nitrogen and oxygen atoms in total. The van der Waals surface area contributed by atoms with Crippen molar-refractivity contribution in [2.24, 2.45) is 0 Å². The van der Waals surface area contributed by atoms with Crippen LogP contribution in [0.1, 0.15) is 12.8 Å². The van der Waals surface area contributed by atoms with E-state index in [0.717, 1.165) is 6.29 Å². The van der Waals surface area contributed by atoms with Gasteiger partial charge in [0.25, 0.3) is 0 Å². The summed E-state index contributed by atoms with van der Waals surface area (Å²) < 4.78 is 16.2. The molecule has 2 aliphatic heterocycles. The van der Waals surface area contributed by atoms with Crippen LogP contribution in [-0.4, -0.2) is 38.2 Å². The topological polar surface area (TPSA) is 65.1 Å². The van der Waals surface area contributed by atoms with E-state index in [4.69, 9.17) is 14.2 Å². The zero-order valence-electron chi connectivity index (χ0n) is 10.9. The summed E-state index contributed by atoms with van der Waals surface area (Å²) in [5.74, 6) is 1.32. The van der Waals surface area contributed by atoms with Gasteiger partial charge in [-0.2, -0.15) is 0 Å². The first-order chi connectivity index (χ1) is 9.78. The van der Waals surface area contributed by atoms with Crippen molar-refractivity contribution >= 4 is 18.1 Å². The Hall–Kier alpha value is -2.24. The molecule has 1 fully saturated rings. The number of carbonyl (C=O) groups is 2. The fraction of sp³-hybridized carbons (Fsp3) is 0.429. The molecule has 1 aromatic rings. The van der Waals surface area contributed by atoms with E-state index in [-0.39, 0.29) is 6.10 Å². The first kappa shape index (κ1) is 12.8. The zero-order valence-corrected chi connectivity index (χ0v) is 10.9. The van der Waals surface area contributed by atoms with E-state index in [9.17, 15) is 9.59 Å². The second-order valence-electron chi connectivity index (χ2n) is 4.69. The standard InChI is InChI=1S/C14H15NO5/c16-5-1-2-11-9-15(14(17)20-11)10-3-4-12-13(8-10)19-7-6-18-12/h3-5,8,11H,1-2,6-7,9H2. The number of amides is 1. The molecule has 1 aromatic carbocycles. The van der Waals surface area contributed by atoms with Crippen molar-refractivity contribution in [2.45, 2.75) is 18.9 Å². The molecule has 6 heteroatoms. The highest BCUT2D eigenvalue weighted by Crippen LogP contribution is 2.35. The van der Waals surface area contributed by atoms with Gasteiger partial charge in [0, 0.05) is 12.5 Å². The molecule has 0 N–H and O–H groups in total. The molecule has 1 amide bonds. The molecule has 0 saturated carbocycles. The second kappa shape index (κ2) is 5.40. The lowest BCUT2D eigenvalue weighted by atomic mass is 10.2. The Morgan fingerprint density at radius 2 is 2.05 bits per heavy atom. The number of hydrogen-bond donors (Lipinski definition) is 0. The monoisotopic (exact) mass is 277 g/mol. The van der Waals surface area contributed by atoms with Crippen molar-refractivity contribution in [3.63, 3.8) is 0 Å². The lowest BCUT2D eigenvalue weighted by Gasteiger charge is -2.20. The summed E-state index contributed by atoms with van der Waals surface area (Å²) in [6.07, 6.45) is 1.16. The van der Waals surface area contributed by atoms with Gasteiger partial charge >= 0.3 is 6.09 Å². The Kier molecular flexibility index (Phi) is 3.45. The Morgan fingerprint density at radius 1 is 1.25 bits per heavy atom. The minimum atomic E-state index is -0.391. The third kappa shape index (κ3) is 2.41. The molecule has 3 rings (SSSR count). The van der Waals surface area contributed by atoms with E-state index >= 15 is 0 Å². The van der Waals surface area contributed by atoms with E-state index in [1.54, 1.807) is 23.1 Å². The fourth-order valence-electron chi connectivity index (χ4n) is 2.34. The lowest BCUT2D eigenvalue weighted by Crippen LogP contribution is -2.25. The first-order valence-corrected chi connectivity index (χ1v) is 6.59. The number of aldehydes is 1. The average Bonchev–Trinajstić information content (AvgIpc) is 2.85. The van der Waals surface area contributed by atoms with E-state index in [1.807, 2.05) is 0 Å². The number of anilines is 1. The van der Waals surface area contributed by atoms with Gasteiger partial charge in [0.1, 0.15) is 25.6 Å². The molecule has 2 heterocycles. The van der Waals surface area contributed by atoms with Crippen LogP contribution >= 0.6 is 0 Å². The molecule has 0 spiro atoms. The number of benzene rings is 1. The van der Waals surface area contributed by atoms with Crippen LogP contribution in [0.25, 0.3) is 0 Å². The molecule has 106 valence electrons. The molecule has 20 heavy (non-hydrogen) atoms. The number of cyclic esters (lactones) is 1. The van der Waals surface area contributed by atoms with E-state index in [0.29, 0.717) is 49.8 Å². The lowest BCUT2D eigenvalue weighted by molar-refractivity contribution is -0.108. The predicted molar refractivity (Wildman–Crippen MR) is 70.3 cm³/mol. The minimum Gasteiger partial charge on any atom is -0.486 e. The highest BCUT2D eigenvalue weighted by atomic mass is 16.6. The zero-order chi connectivity index (χ0) is 13.9. The van der Waals surface area contributed by atoms with E-state index < -0.39 is 6.09 Å². The highest BCUT2D eigenvalue weighted by Gasteiger charge is 2.32. The van der Waals surface area contributed by atoms with Crippen molar-refractivity contribution in [2.75, 3.05) is 24.7 Å². The largest absolute Gasteiger partial charge is 0.486 e. The molecule has 0 aromatic heterocycles. The Balaban J connectivity index is 1.75. The van der Waals surface area contributed by atoms with E-state index in [1.165, 1.54) is 0 Å². The van der Waals surface area contributed by atoms with Gasteiger partial charge in [0.2, 0.25) is 0 Å². The summed E-state index contributed by atoms with van der Waals surface area (Å²) in [5.41, 5.74) is 0.716. The summed E-state index contributed by atoms with van der Waals surface area (Å²) in [6, 6.07) is 5.37. The smallest absolute Gasteiger partial charge is 0.414 e. The van der Waals surface area contributed by atoms with Gasteiger partial charge in [-0.1, -0.05) is 0 Å². The summed E-state index contributed by atoms with van der Waals surface area (Å²) in [4.78, 5) is 23.8. The molecular weight excluding hydrogens is 262 g/mol. The summed E-state index contributed by atoms with van der Waals surface area (Å²) >= 11 is 0. The molecule has 1 saturated heterocycles. The van der Waals surface area contributed by atoms with Gasteiger partial charge < -0.3 is 19.0 Å². The minimum absolute atomic E-state index is 0.235. The van der Waals surface area contributed by atoms with Gasteiger partial charge in [0.05, 0.1) is 12.2 Å². The average molecular weight is 277 g/mol. The third-order valence-electron chi connectivity index (χ3n) is 3.32. The number of fused-ring (bicyclic) bond motifs is 1. The maximum Gasteiger partial charge on any atom is 0.414 e. The number of carbonyl (C=O) groups excluding carboxylic acids is 2. The molecule has 1 unspecified atom stereocenters. The van der Waals surface area contributed by atoms with Crippen LogP contribution in [0.3, 0.4) is 0 Å². The second-order valence-corrected chi connectivity index (χ2v) is 4.69. The summed E-state index contributed by atoms with van der Waals surface area (Å²) in [5, 5.41) is 0. The van der Waals surface area contributed by atoms with Crippen LogP contribution in [0.2, 0.25) is 0 Å². The van der Waals surface area contributed by atoms with Crippen molar-refractivity contribution < 1.29 is 23.8 Å². The van der Waals surface area contributed by atoms with Gasteiger partial charge in [-0.25, -0.2) is 4.79 Å². The Labute approximate surface area is 116 Å². The van der Waals surface area contributed by atoms with Gasteiger partial charge in [-0.3, -0.25) is 4.90 Å². The maximum absolute atomic E-state index is 11.9. The normalized spacial score (nSPS) is 20.7. The molecule has 0 radical (unpaired) electrons. The predicted octanol–water partition coefficient (Wildman–Crippen LogP) is 1.76. The van der Waals surface area contributed by atoms with Crippen molar-refractivity contribution in [3.05, 3.63) is 18.2 Å². The first-order valence-electron chi connectivity index (χ1n) is 6.59. The molecule has 0 aliphatic carbocycles. The fourth-order valence-corrected chi connectivity index (χ4v) is 2.34. The van der Waals surface area contributed by atoms with Gasteiger partial charge in [-0.15, -0.1) is 0 Å². The van der Waals surface area contributed by atoms with Crippen molar-refractivity contribution in [1.29, 1.82) is 0 Å². The van der Waals surface area contributed by atoms with Crippen LogP contribution in [-0.2, 0) is 9.53 Å². The van der Waals surface area contributed by atoms with Crippen LogP contribution in [0.4, 0.5) is 10.5 Å². The molecule has 1 atom stereocenters. The summed E-state index contributed by atoms with van der Waals surface area (Å²) in [7, 11) is 0. The SMILES string of the molecule is O=CCCC1CN(c2ccc3c(c2)OCCO3)C(=O)O1. The molecule has 0 bridgehead atoms. The van der Waals surface area contributed by atoms with E-state index in [2.05, 4.69) is 0 Å². The van der Waals surface area contributed by atoms with Crippen molar-refractivity contribution in [3.8, 4) is 11.5 Å². The van der Waals surface area contributed by atoms with Gasteiger partial charge in [0.15, 0.2) is 11.5 Å². The van der Waals surface area contributed by atoms with Crippen molar-refractivity contribution in [1.82, 2.24) is 0 Å². The number of ether oxygens (including phenoxy) is 3. The Bertz CT molecular complexity index is 530. The van der Waals surface area contributed by atoms with Crippen LogP contribution in [0, 0.1) is 0 Å². The van der Waals surface area contributed by atoms with Crippen LogP contribution < -0.4 is 14.4 Å². The third-order valence-corrected chi connectivity index (χ3v) is 3.32. The van der Waals surface area contributed by atoms with Crippen LogP contribution in [0.5, 0.6) is 11.5 Å². The maximum atomic E-state index is 11.9. The quantitative estimate of drug-likeness (QED) is 0.785. The number of nitrogens with zero attached hydrogens (tertiary/aromatic N) is 1. The Morgan fingerprint density at radius 3 is 2.85 bits per heavy atom. The molecular formula is C14H15NO5. The molecule has 2 aliphatic rings. The van der Waals surface area contributed by atoms with Gasteiger partial charge in [-0.05, 0) is 18.6 Å². The summed E-state index contributed by atoms with van der Waals surface area (Å²) in [6.45, 7) is 1.49. The number of hydrogen-bond acceptors (Lipinski definition) is 5. The highest BCUT2D eigenvalue weighted by molar-refractivity contribution is 5.90.